The molecule has 33 heavy (non-hydrogen) atoms. The van der Waals surface area contributed by atoms with Gasteiger partial charge in [0, 0.05) is 37.8 Å². The van der Waals surface area contributed by atoms with Crippen LogP contribution >= 0.6 is 0 Å². The number of nitrogens with zero attached hydrogens (tertiary/aromatic N) is 5. The van der Waals surface area contributed by atoms with E-state index in [9.17, 15) is 22.8 Å². The third-order valence-electron chi connectivity index (χ3n) is 5.61. The van der Waals surface area contributed by atoms with Crippen molar-refractivity contribution in [3.05, 3.63) is 63.6 Å². The van der Waals surface area contributed by atoms with Crippen molar-refractivity contribution in [1.29, 1.82) is 0 Å². The molecular formula is C22H22F3N5O3. The van der Waals surface area contributed by atoms with Gasteiger partial charge in [0.2, 0.25) is 5.91 Å². The Hall–Kier alpha value is -3.63. The highest BCUT2D eigenvalue weighted by Gasteiger charge is 2.31. The summed E-state index contributed by atoms with van der Waals surface area (Å²) in [5, 5.41) is 4.23. The van der Waals surface area contributed by atoms with Gasteiger partial charge in [-0.1, -0.05) is 12.1 Å². The van der Waals surface area contributed by atoms with Gasteiger partial charge in [0.05, 0.1) is 0 Å². The zero-order valence-electron chi connectivity index (χ0n) is 18.3. The lowest BCUT2D eigenvalue weighted by atomic mass is 9.99. The van der Waals surface area contributed by atoms with Gasteiger partial charge in [0.25, 0.3) is 5.56 Å². The number of benzene rings is 1. The van der Waals surface area contributed by atoms with Gasteiger partial charge in [-0.3, -0.25) is 9.59 Å². The Morgan fingerprint density at radius 1 is 1.18 bits per heavy atom. The average molecular weight is 461 g/mol. The van der Waals surface area contributed by atoms with Crippen LogP contribution in [0.4, 0.5) is 13.2 Å². The SMILES string of the molecule is Cc1nc(C)n(CC(=O)N2CCc3c(cc(-c4ccc(OC(F)(F)F)cc4)c(=O)n3C)C2)n1. The fourth-order valence-corrected chi connectivity index (χ4v) is 4.02. The number of ether oxygens (including phenoxy) is 1. The van der Waals surface area contributed by atoms with E-state index in [0.29, 0.717) is 42.3 Å². The van der Waals surface area contributed by atoms with Gasteiger partial charge in [-0.15, -0.1) is 13.2 Å². The Kier molecular flexibility index (Phi) is 5.73. The van der Waals surface area contributed by atoms with Crippen molar-refractivity contribution < 1.29 is 22.7 Å². The molecule has 0 spiro atoms. The van der Waals surface area contributed by atoms with Gasteiger partial charge in [-0.05, 0) is 43.2 Å². The van der Waals surface area contributed by atoms with Crippen LogP contribution in [0.25, 0.3) is 11.1 Å². The Labute approximate surface area is 187 Å². The average Bonchev–Trinajstić information content (AvgIpc) is 3.06. The maximum absolute atomic E-state index is 12.9. The van der Waals surface area contributed by atoms with Crippen molar-refractivity contribution in [2.24, 2.45) is 7.05 Å². The second kappa shape index (κ2) is 8.38. The molecule has 3 aromatic rings. The minimum atomic E-state index is -4.79. The number of pyridine rings is 1. The molecule has 8 nitrogen and oxygen atoms in total. The van der Waals surface area contributed by atoms with E-state index in [1.807, 2.05) is 0 Å². The van der Waals surface area contributed by atoms with Crippen LogP contribution in [-0.2, 0) is 31.4 Å². The molecule has 3 heterocycles. The maximum atomic E-state index is 12.9. The molecule has 0 N–H and O–H groups in total. The van der Waals surface area contributed by atoms with Crippen LogP contribution < -0.4 is 10.3 Å². The fourth-order valence-electron chi connectivity index (χ4n) is 4.02. The second-order valence-corrected chi connectivity index (χ2v) is 7.90. The van der Waals surface area contributed by atoms with Crippen molar-refractivity contribution in [2.75, 3.05) is 6.54 Å². The van der Waals surface area contributed by atoms with Gasteiger partial charge in [-0.2, -0.15) is 5.10 Å². The standard InChI is InChI=1S/C22H22F3N5O3/c1-13-26-14(2)30(27-13)12-20(31)29-9-8-19-16(11-29)10-18(21(32)28(19)3)15-4-6-17(7-5-15)33-22(23,24)25/h4-7,10H,8-9,11-12H2,1-3H3. The first-order chi connectivity index (χ1) is 15.5. The molecule has 4 rings (SSSR count). The van der Waals surface area contributed by atoms with Crippen LogP contribution in [0, 0.1) is 13.8 Å². The fraction of sp³-hybridized carbons (Fsp3) is 0.364. The topological polar surface area (TPSA) is 82.3 Å². The minimum Gasteiger partial charge on any atom is -0.406 e. The van der Waals surface area contributed by atoms with Gasteiger partial charge in [-0.25, -0.2) is 9.67 Å². The summed E-state index contributed by atoms with van der Waals surface area (Å²) < 4.78 is 44.2. The highest BCUT2D eigenvalue weighted by Crippen LogP contribution is 2.27. The van der Waals surface area contributed by atoms with E-state index in [4.69, 9.17) is 0 Å². The summed E-state index contributed by atoms with van der Waals surface area (Å²) in [6.07, 6.45) is -4.27. The minimum absolute atomic E-state index is 0.0707. The van der Waals surface area contributed by atoms with Crippen LogP contribution in [-0.4, -0.2) is 43.0 Å². The van der Waals surface area contributed by atoms with E-state index in [0.717, 1.165) is 11.3 Å². The van der Waals surface area contributed by atoms with Crippen molar-refractivity contribution in [2.45, 2.75) is 39.7 Å². The molecule has 0 atom stereocenters. The zero-order valence-corrected chi connectivity index (χ0v) is 18.3. The summed E-state index contributed by atoms with van der Waals surface area (Å²) in [4.78, 5) is 31.7. The number of fused-ring (bicyclic) bond motifs is 1. The number of hydrogen-bond acceptors (Lipinski definition) is 5. The molecule has 11 heteroatoms. The number of carbonyl (C=O) groups excluding carboxylic acids is 1. The number of hydrogen-bond donors (Lipinski definition) is 0. The molecule has 1 aliphatic rings. The van der Waals surface area contributed by atoms with E-state index < -0.39 is 6.36 Å². The van der Waals surface area contributed by atoms with E-state index in [-0.39, 0.29) is 23.8 Å². The number of rotatable bonds is 4. The van der Waals surface area contributed by atoms with E-state index in [1.54, 1.807) is 36.5 Å². The Morgan fingerprint density at radius 2 is 1.88 bits per heavy atom. The molecule has 1 aliphatic heterocycles. The summed E-state index contributed by atoms with van der Waals surface area (Å²) in [6, 6.07) is 6.86. The smallest absolute Gasteiger partial charge is 0.406 e. The Morgan fingerprint density at radius 3 is 2.48 bits per heavy atom. The van der Waals surface area contributed by atoms with Crippen molar-refractivity contribution >= 4 is 5.91 Å². The lowest BCUT2D eigenvalue weighted by Gasteiger charge is -2.30. The first kappa shape index (κ1) is 22.6. The van der Waals surface area contributed by atoms with E-state index >= 15 is 0 Å². The Balaban J connectivity index is 1.59. The zero-order chi connectivity index (χ0) is 23.9. The first-order valence-corrected chi connectivity index (χ1v) is 10.3. The van der Waals surface area contributed by atoms with E-state index in [2.05, 4.69) is 14.8 Å². The van der Waals surface area contributed by atoms with Gasteiger partial charge < -0.3 is 14.2 Å². The summed E-state index contributed by atoms with van der Waals surface area (Å²) in [6.45, 7) is 4.40. The molecule has 0 saturated carbocycles. The molecule has 0 radical (unpaired) electrons. The molecule has 0 saturated heterocycles. The van der Waals surface area contributed by atoms with Crippen molar-refractivity contribution in [3.8, 4) is 16.9 Å². The van der Waals surface area contributed by atoms with Crippen LogP contribution in [0.1, 0.15) is 22.9 Å². The third-order valence-corrected chi connectivity index (χ3v) is 5.61. The molecule has 1 aromatic carbocycles. The summed E-state index contributed by atoms with van der Waals surface area (Å²) in [5.41, 5.74) is 2.19. The second-order valence-electron chi connectivity index (χ2n) is 7.90. The number of aryl methyl sites for hydroxylation is 2. The highest BCUT2D eigenvalue weighted by atomic mass is 19.4. The molecule has 1 amide bonds. The van der Waals surface area contributed by atoms with Crippen LogP contribution in [0.15, 0.2) is 35.1 Å². The van der Waals surface area contributed by atoms with Gasteiger partial charge in [0.15, 0.2) is 0 Å². The predicted molar refractivity (Wildman–Crippen MR) is 112 cm³/mol. The molecular weight excluding hydrogens is 439 g/mol. The number of aromatic nitrogens is 4. The van der Waals surface area contributed by atoms with Crippen LogP contribution in [0.3, 0.4) is 0 Å². The summed E-state index contributed by atoms with van der Waals surface area (Å²) >= 11 is 0. The lowest BCUT2D eigenvalue weighted by molar-refractivity contribution is -0.274. The highest BCUT2D eigenvalue weighted by molar-refractivity contribution is 5.76. The molecule has 0 unspecified atom stereocenters. The third kappa shape index (κ3) is 4.76. The molecule has 0 bridgehead atoms. The maximum Gasteiger partial charge on any atom is 0.573 e. The van der Waals surface area contributed by atoms with Crippen LogP contribution in [0.5, 0.6) is 5.75 Å². The quantitative estimate of drug-likeness (QED) is 0.597. The number of amides is 1. The molecule has 174 valence electrons. The largest absolute Gasteiger partial charge is 0.573 e. The van der Waals surface area contributed by atoms with Crippen LogP contribution in [0.2, 0.25) is 0 Å². The molecule has 0 aliphatic carbocycles. The summed E-state index contributed by atoms with van der Waals surface area (Å²) in [7, 11) is 1.66. The first-order valence-electron chi connectivity index (χ1n) is 10.3. The van der Waals surface area contributed by atoms with E-state index in [1.165, 1.54) is 28.8 Å². The predicted octanol–water partition coefficient (Wildman–Crippen LogP) is 2.74. The van der Waals surface area contributed by atoms with Crippen molar-refractivity contribution in [3.63, 3.8) is 0 Å². The number of carbonyl (C=O) groups is 1. The molecule has 2 aromatic heterocycles. The van der Waals surface area contributed by atoms with Gasteiger partial charge in [0.1, 0.15) is 23.9 Å². The number of halogens is 3. The van der Waals surface area contributed by atoms with Gasteiger partial charge >= 0.3 is 6.36 Å². The normalized spacial score (nSPS) is 13.7. The summed E-state index contributed by atoms with van der Waals surface area (Å²) in [5.74, 6) is 0.769. The van der Waals surface area contributed by atoms with Crippen molar-refractivity contribution in [1.82, 2.24) is 24.2 Å². The monoisotopic (exact) mass is 461 g/mol. The lowest BCUT2D eigenvalue weighted by Crippen LogP contribution is -2.40. The Bertz CT molecular complexity index is 1260. The molecule has 0 fully saturated rings. The number of alkyl halides is 3.